The van der Waals surface area contributed by atoms with Crippen molar-refractivity contribution in [3.63, 3.8) is 0 Å². The van der Waals surface area contributed by atoms with E-state index in [2.05, 4.69) is 15.0 Å². The maximum atomic E-state index is 13.9. The van der Waals surface area contributed by atoms with E-state index in [4.69, 9.17) is 4.52 Å². The first kappa shape index (κ1) is 18.7. The predicted molar refractivity (Wildman–Crippen MR) is 103 cm³/mol. The molecule has 1 aromatic carbocycles. The van der Waals surface area contributed by atoms with E-state index in [0.717, 1.165) is 12.1 Å². The third kappa shape index (κ3) is 3.21. The average Bonchev–Trinajstić information content (AvgIpc) is 3.34. The van der Waals surface area contributed by atoms with E-state index >= 15 is 0 Å². The van der Waals surface area contributed by atoms with Crippen LogP contribution >= 0.6 is 0 Å². The summed E-state index contributed by atoms with van der Waals surface area (Å²) in [5.74, 6) is 1.06. The molecule has 2 saturated heterocycles. The molecule has 0 N–H and O–H groups in total. The Morgan fingerprint density at radius 3 is 2.71 bits per heavy atom. The lowest BCUT2D eigenvalue weighted by molar-refractivity contribution is 0.159. The summed E-state index contributed by atoms with van der Waals surface area (Å²) in [6.07, 6.45) is 0. The van der Waals surface area contributed by atoms with Gasteiger partial charge < -0.3 is 19.2 Å². The van der Waals surface area contributed by atoms with Gasteiger partial charge in [0.1, 0.15) is 5.82 Å². The van der Waals surface area contributed by atoms with Gasteiger partial charge in [-0.15, -0.1) is 0 Å². The number of fused-ring (bicyclic) bond motifs is 1. The molecule has 1 aromatic heterocycles. The lowest BCUT2D eigenvalue weighted by Crippen LogP contribution is -2.41. The minimum Gasteiger partial charge on any atom is -0.331 e. The van der Waals surface area contributed by atoms with Crippen molar-refractivity contribution >= 4 is 12.0 Å². The summed E-state index contributed by atoms with van der Waals surface area (Å²) >= 11 is 0. The Kier molecular flexibility index (Phi) is 4.72. The summed E-state index contributed by atoms with van der Waals surface area (Å²) in [5, 5.41) is 4.06. The highest BCUT2D eigenvalue weighted by Gasteiger charge is 2.50. The number of anilines is 1. The van der Waals surface area contributed by atoms with Crippen LogP contribution in [0.3, 0.4) is 0 Å². The van der Waals surface area contributed by atoms with Gasteiger partial charge in [0.25, 0.3) is 0 Å². The third-order valence-corrected chi connectivity index (χ3v) is 5.70. The molecule has 150 valence electrons. The lowest BCUT2D eigenvalue weighted by atomic mass is 9.89. The van der Waals surface area contributed by atoms with Gasteiger partial charge in [-0.3, -0.25) is 0 Å². The number of nitrogens with zero attached hydrogens (tertiary/aromatic N) is 5. The van der Waals surface area contributed by atoms with Crippen LogP contribution in [0.5, 0.6) is 0 Å². The summed E-state index contributed by atoms with van der Waals surface area (Å²) in [4.78, 5) is 22.8. The molecule has 3 heterocycles. The average molecular weight is 387 g/mol. The summed E-state index contributed by atoms with van der Waals surface area (Å²) in [7, 11) is 3.49. The van der Waals surface area contributed by atoms with Crippen molar-refractivity contribution < 1.29 is 13.7 Å². The van der Waals surface area contributed by atoms with Crippen LogP contribution in [0.25, 0.3) is 0 Å². The number of amides is 2. The van der Waals surface area contributed by atoms with Crippen molar-refractivity contribution in [1.82, 2.24) is 19.9 Å². The molecule has 0 spiro atoms. The van der Waals surface area contributed by atoms with Gasteiger partial charge in [-0.2, -0.15) is 4.98 Å². The first-order valence-electron chi connectivity index (χ1n) is 9.67. The molecule has 0 bridgehead atoms. The Hall–Kier alpha value is -2.64. The molecule has 7 nitrogen and oxygen atoms in total. The van der Waals surface area contributed by atoms with Crippen molar-refractivity contribution in [3.05, 3.63) is 41.5 Å². The third-order valence-electron chi connectivity index (χ3n) is 5.70. The molecule has 2 amide bonds. The van der Waals surface area contributed by atoms with Crippen LogP contribution in [0, 0.1) is 17.7 Å². The van der Waals surface area contributed by atoms with Gasteiger partial charge in [0.2, 0.25) is 0 Å². The Bertz CT molecular complexity index is 868. The second kappa shape index (κ2) is 7.07. The summed E-state index contributed by atoms with van der Waals surface area (Å²) in [5.41, 5.74) is 0.831. The number of rotatable bonds is 3. The van der Waals surface area contributed by atoms with E-state index in [1.807, 2.05) is 24.8 Å². The molecule has 4 rings (SSSR count). The zero-order valence-electron chi connectivity index (χ0n) is 16.7. The molecule has 0 saturated carbocycles. The Morgan fingerprint density at radius 1 is 1.29 bits per heavy atom. The van der Waals surface area contributed by atoms with Gasteiger partial charge in [-0.05, 0) is 17.7 Å². The summed E-state index contributed by atoms with van der Waals surface area (Å²) in [6, 6.07) is 6.88. The van der Waals surface area contributed by atoms with Crippen molar-refractivity contribution in [2.24, 2.45) is 11.8 Å². The number of aromatic nitrogens is 2. The summed E-state index contributed by atoms with van der Waals surface area (Å²) in [6.45, 7) is 6.12. The molecule has 2 fully saturated rings. The second-order valence-electron chi connectivity index (χ2n) is 8.25. The molecule has 3 atom stereocenters. The van der Waals surface area contributed by atoms with Gasteiger partial charge in [0.15, 0.2) is 5.82 Å². The zero-order valence-corrected chi connectivity index (χ0v) is 16.7. The molecule has 8 heteroatoms. The number of likely N-dealkylation sites (tertiary alicyclic amines) is 1. The van der Waals surface area contributed by atoms with E-state index in [1.54, 1.807) is 25.1 Å². The fourth-order valence-corrected chi connectivity index (χ4v) is 4.36. The van der Waals surface area contributed by atoms with Crippen LogP contribution in [0.2, 0.25) is 0 Å². The number of benzene rings is 1. The molecular weight excluding hydrogens is 361 g/mol. The second-order valence-corrected chi connectivity index (χ2v) is 8.25. The Morgan fingerprint density at radius 2 is 2.07 bits per heavy atom. The van der Waals surface area contributed by atoms with Crippen LogP contribution < -0.4 is 4.90 Å². The molecular formula is C20H26FN5O2. The lowest BCUT2D eigenvalue weighted by Gasteiger charge is -2.31. The first-order valence-corrected chi connectivity index (χ1v) is 9.67. The van der Waals surface area contributed by atoms with E-state index < -0.39 is 0 Å². The van der Waals surface area contributed by atoms with Crippen LogP contribution in [-0.2, 0) is 0 Å². The smallest absolute Gasteiger partial charge is 0.324 e. The number of halogens is 1. The van der Waals surface area contributed by atoms with Crippen molar-refractivity contribution in [1.29, 1.82) is 0 Å². The minimum atomic E-state index is -0.286. The number of carbonyl (C=O) groups is 1. The minimum absolute atomic E-state index is 0.0462. The van der Waals surface area contributed by atoms with Gasteiger partial charge in [0, 0.05) is 51.5 Å². The van der Waals surface area contributed by atoms with E-state index in [9.17, 15) is 9.18 Å². The number of carbonyl (C=O) groups excluding carboxylic acids is 1. The number of hydrogen-bond donors (Lipinski definition) is 0. The maximum Gasteiger partial charge on any atom is 0.324 e. The van der Waals surface area contributed by atoms with Crippen LogP contribution in [0.4, 0.5) is 15.2 Å². The zero-order chi connectivity index (χ0) is 20.0. The predicted octanol–water partition coefficient (Wildman–Crippen LogP) is 3.12. The largest absolute Gasteiger partial charge is 0.331 e. The van der Waals surface area contributed by atoms with Crippen LogP contribution in [-0.4, -0.2) is 59.7 Å². The highest BCUT2D eigenvalue weighted by molar-refractivity contribution is 5.75. The van der Waals surface area contributed by atoms with E-state index in [0.29, 0.717) is 24.9 Å². The van der Waals surface area contributed by atoms with Crippen LogP contribution in [0.15, 0.2) is 28.8 Å². The van der Waals surface area contributed by atoms with Gasteiger partial charge in [-0.25, -0.2) is 9.18 Å². The molecule has 0 aliphatic carbocycles. The highest BCUT2D eigenvalue weighted by atomic mass is 19.1. The standard InChI is InChI=1S/C20H26FN5O2/c1-12(2)18-22-19(28-23-18)25-9-14-10-26(20(27)24(3)4)17(16(14)11-25)13-6-5-7-15(21)8-13/h5-8,12,14,16-17H,9-11H2,1-4H3/t14-,16-,17+/m1/s1. The van der Waals surface area contributed by atoms with Gasteiger partial charge in [-0.1, -0.05) is 31.1 Å². The van der Waals surface area contributed by atoms with Crippen molar-refractivity contribution in [2.75, 3.05) is 38.6 Å². The van der Waals surface area contributed by atoms with E-state index in [-0.39, 0.29) is 35.6 Å². The molecule has 2 aliphatic heterocycles. The SMILES string of the molecule is CC(C)c1noc(N2C[C@@H]3CN(C(=O)N(C)C)[C@@H](c4cccc(F)c4)[C@@H]3C2)n1. The monoisotopic (exact) mass is 387 g/mol. The molecule has 2 aliphatic rings. The van der Waals surface area contributed by atoms with Crippen molar-refractivity contribution in [3.8, 4) is 0 Å². The van der Waals surface area contributed by atoms with Gasteiger partial charge in [0.05, 0.1) is 6.04 Å². The van der Waals surface area contributed by atoms with Crippen LogP contribution in [0.1, 0.15) is 37.2 Å². The highest BCUT2D eigenvalue weighted by Crippen LogP contribution is 2.46. The fourth-order valence-electron chi connectivity index (χ4n) is 4.36. The van der Waals surface area contributed by atoms with Gasteiger partial charge >= 0.3 is 12.0 Å². The number of urea groups is 1. The fraction of sp³-hybridized carbons (Fsp3) is 0.550. The summed E-state index contributed by atoms with van der Waals surface area (Å²) < 4.78 is 19.4. The quantitative estimate of drug-likeness (QED) is 0.810. The maximum absolute atomic E-state index is 13.9. The molecule has 2 aromatic rings. The normalized spacial score (nSPS) is 24.1. The van der Waals surface area contributed by atoms with E-state index in [1.165, 1.54) is 12.1 Å². The Labute approximate surface area is 164 Å². The number of hydrogen-bond acceptors (Lipinski definition) is 5. The topological polar surface area (TPSA) is 65.7 Å². The first-order chi connectivity index (χ1) is 13.3. The molecule has 0 unspecified atom stereocenters. The Balaban J connectivity index is 1.62. The molecule has 28 heavy (non-hydrogen) atoms. The van der Waals surface area contributed by atoms with Crippen molar-refractivity contribution in [2.45, 2.75) is 25.8 Å². The molecule has 0 radical (unpaired) electrons.